The van der Waals surface area contributed by atoms with Gasteiger partial charge in [-0.05, 0) is 37.5 Å². The second-order valence-electron chi connectivity index (χ2n) is 5.29. The molecule has 1 aliphatic rings. The quantitative estimate of drug-likeness (QED) is 0.905. The van der Waals surface area contributed by atoms with E-state index < -0.39 is 12.7 Å². The van der Waals surface area contributed by atoms with E-state index in [1.54, 1.807) is 0 Å². The summed E-state index contributed by atoms with van der Waals surface area (Å²) in [6.07, 6.45) is -2.72. The summed E-state index contributed by atoms with van der Waals surface area (Å²) in [5.74, 6) is 0. The van der Waals surface area contributed by atoms with Crippen LogP contribution in [0.2, 0.25) is 5.02 Å². The first-order valence-electron chi connectivity index (χ1n) is 6.65. The fraction of sp³-hybridized carbons (Fsp3) is 0.571. The Kier molecular flexibility index (Phi) is 4.81. The third-order valence-electron chi connectivity index (χ3n) is 3.47. The van der Waals surface area contributed by atoms with E-state index in [1.165, 1.54) is 4.90 Å². The minimum atomic E-state index is -4.11. The summed E-state index contributed by atoms with van der Waals surface area (Å²) in [5.41, 5.74) is 1.97. The molecule has 0 unspecified atom stereocenters. The molecule has 1 N–H and O–H groups in total. The average molecular weight is 307 g/mol. The second-order valence-corrected chi connectivity index (χ2v) is 5.70. The van der Waals surface area contributed by atoms with Gasteiger partial charge in [-0.1, -0.05) is 17.7 Å². The lowest BCUT2D eigenvalue weighted by Gasteiger charge is -2.33. The number of benzene rings is 1. The third-order valence-corrected chi connectivity index (χ3v) is 3.80. The largest absolute Gasteiger partial charge is 0.401 e. The van der Waals surface area contributed by atoms with Gasteiger partial charge < -0.3 is 5.32 Å². The summed E-state index contributed by atoms with van der Waals surface area (Å²) in [5, 5.41) is 3.98. The van der Waals surface area contributed by atoms with Crippen LogP contribution >= 0.6 is 11.6 Å². The van der Waals surface area contributed by atoms with E-state index in [-0.39, 0.29) is 6.04 Å². The second kappa shape index (κ2) is 6.22. The zero-order valence-electron chi connectivity index (χ0n) is 11.3. The molecule has 1 fully saturated rings. The molecule has 0 aliphatic carbocycles. The van der Waals surface area contributed by atoms with Crippen molar-refractivity contribution in [1.29, 1.82) is 0 Å². The zero-order valence-corrected chi connectivity index (χ0v) is 12.1. The number of likely N-dealkylation sites (tertiary alicyclic amines) is 1. The number of anilines is 1. The van der Waals surface area contributed by atoms with Crippen LogP contribution in [0.1, 0.15) is 18.4 Å². The number of rotatable bonds is 3. The highest BCUT2D eigenvalue weighted by Crippen LogP contribution is 2.26. The summed E-state index contributed by atoms with van der Waals surface area (Å²) < 4.78 is 36.9. The first-order chi connectivity index (χ1) is 9.33. The van der Waals surface area contributed by atoms with Crippen LogP contribution in [0.25, 0.3) is 0 Å². The van der Waals surface area contributed by atoms with Crippen molar-refractivity contribution in [2.75, 3.05) is 25.0 Å². The summed E-state index contributed by atoms with van der Waals surface area (Å²) in [7, 11) is 0. The molecule has 1 saturated heterocycles. The van der Waals surface area contributed by atoms with Gasteiger partial charge in [0.15, 0.2) is 0 Å². The molecule has 0 aromatic heterocycles. The maximum Gasteiger partial charge on any atom is 0.401 e. The van der Waals surface area contributed by atoms with E-state index in [0.29, 0.717) is 31.0 Å². The first-order valence-corrected chi connectivity index (χ1v) is 7.03. The normalized spacial score (nSPS) is 18.2. The third kappa shape index (κ3) is 4.56. The van der Waals surface area contributed by atoms with Gasteiger partial charge in [0.1, 0.15) is 0 Å². The van der Waals surface area contributed by atoms with Crippen LogP contribution in [-0.4, -0.2) is 36.8 Å². The van der Waals surface area contributed by atoms with Crippen molar-refractivity contribution in [3.05, 3.63) is 28.8 Å². The van der Waals surface area contributed by atoms with E-state index in [4.69, 9.17) is 11.6 Å². The van der Waals surface area contributed by atoms with Crippen LogP contribution < -0.4 is 5.32 Å². The lowest BCUT2D eigenvalue weighted by molar-refractivity contribution is -0.147. The molecule has 20 heavy (non-hydrogen) atoms. The van der Waals surface area contributed by atoms with E-state index in [0.717, 1.165) is 11.3 Å². The molecule has 2 rings (SSSR count). The fourth-order valence-corrected chi connectivity index (χ4v) is 2.63. The standard InChI is InChI=1S/C14H18ClF3N2/c1-10-2-3-12(15)13(8-10)19-11-4-6-20(7-5-11)9-14(16,17)18/h2-3,8,11,19H,4-7,9H2,1H3. The molecule has 0 radical (unpaired) electrons. The summed E-state index contributed by atoms with van der Waals surface area (Å²) in [4.78, 5) is 1.45. The molecule has 1 aromatic carbocycles. The molecular formula is C14H18ClF3N2. The number of piperidine rings is 1. The minimum absolute atomic E-state index is 0.179. The van der Waals surface area contributed by atoms with Crippen LogP contribution in [0, 0.1) is 6.92 Å². The predicted molar refractivity (Wildman–Crippen MR) is 75.3 cm³/mol. The Morgan fingerprint density at radius 1 is 1.30 bits per heavy atom. The van der Waals surface area contributed by atoms with E-state index >= 15 is 0 Å². The van der Waals surface area contributed by atoms with Crippen LogP contribution in [0.5, 0.6) is 0 Å². The number of halogens is 4. The highest BCUT2D eigenvalue weighted by Gasteiger charge is 2.32. The molecule has 0 amide bonds. The van der Waals surface area contributed by atoms with Crippen LogP contribution in [-0.2, 0) is 0 Å². The number of hydrogen-bond acceptors (Lipinski definition) is 2. The lowest BCUT2D eigenvalue weighted by Crippen LogP contribution is -2.43. The van der Waals surface area contributed by atoms with Gasteiger partial charge in [-0.3, -0.25) is 4.90 Å². The summed E-state index contributed by atoms with van der Waals surface area (Å²) in [6, 6.07) is 5.90. The van der Waals surface area contributed by atoms with E-state index in [2.05, 4.69) is 5.32 Å². The van der Waals surface area contributed by atoms with Crippen molar-refractivity contribution >= 4 is 17.3 Å². The molecule has 0 atom stereocenters. The number of alkyl halides is 3. The van der Waals surface area contributed by atoms with Gasteiger partial charge in [0.05, 0.1) is 17.3 Å². The molecule has 112 valence electrons. The first kappa shape index (κ1) is 15.4. The van der Waals surface area contributed by atoms with Crippen molar-refractivity contribution in [1.82, 2.24) is 4.90 Å². The summed E-state index contributed by atoms with van der Waals surface area (Å²) >= 11 is 6.11. The number of aryl methyl sites for hydroxylation is 1. The van der Waals surface area contributed by atoms with E-state index in [9.17, 15) is 13.2 Å². The minimum Gasteiger partial charge on any atom is -0.381 e. The molecule has 0 spiro atoms. The van der Waals surface area contributed by atoms with Crippen molar-refractivity contribution in [3.63, 3.8) is 0 Å². The van der Waals surface area contributed by atoms with Crippen molar-refractivity contribution in [3.8, 4) is 0 Å². The Bertz CT molecular complexity index is 454. The van der Waals surface area contributed by atoms with Crippen molar-refractivity contribution in [2.45, 2.75) is 32.0 Å². The monoisotopic (exact) mass is 306 g/mol. The topological polar surface area (TPSA) is 15.3 Å². The Labute approximate surface area is 121 Å². The molecule has 0 saturated carbocycles. The summed E-state index contributed by atoms with van der Waals surface area (Å²) in [6.45, 7) is 2.08. The molecule has 1 heterocycles. The maximum atomic E-state index is 12.3. The van der Waals surface area contributed by atoms with Gasteiger partial charge in [0.25, 0.3) is 0 Å². The number of nitrogens with zero attached hydrogens (tertiary/aromatic N) is 1. The SMILES string of the molecule is Cc1ccc(Cl)c(NC2CCN(CC(F)(F)F)CC2)c1. The average Bonchev–Trinajstić information content (AvgIpc) is 2.34. The highest BCUT2D eigenvalue weighted by molar-refractivity contribution is 6.33. The van der Waals surface area contributed by atoms with Crippen molar-refractivity contribution in [2.24, 2.45) is 0 Å². The van der Waals surface area contributed by atoms with Gasteiger partial charge in [0, 0.05) is 19.1 Å². The van der Waals surface area contributed by atoms with Crippen molar-refractivity contribution < 1.29 is 13.2 Å². The van der Waals surface area contributed by atoms with Gasteiger partial charge in [-0.25, -0.2) is 0 Å². The van der Waals surface area contributed by atoms with Gasteiger partial charge in [-0.15, -0.1) is 0 Å². The molecule has 1 aliphatic heterocycles. The fourth-order valence-electron chi connectivity index (χ4n) is 2.46. The number of nitrogens with one attached hydrogen (secondary N) is 1. The maximum absolute atomic E-state index is 12.3. The van der Waals surface area contributed by atoms with Crippen LogP contribution in [0.15, 0.2) is 18.2 Å². The molecule has 1 aromatic rings. The Morgan fingerprint density at radius 3 is 2.55 bits per heavy atom. The number of hydrogen-bond donors (Lipinski definition) is 1. The van der Waals surface area contributed by atoms with Gasteiger partial charge in [0.2, 0.25) is 0 Å². The smallest absolute Gasteiger partial charge is 0.381 e. The highest BCUT2D eigenvalue weighted by atomic mass is 35.5. The van der Waals surface area contributed by atoms with E-state index in [1.807, 2.05) is 25.1 Å². The van der Waals surface area contributed by atoms with Crippen LogP contribution in [0.3, 0.4) is 0 Å². The molecular weight excluding hydrogens is 289 g/mol. The Hall–Kier alpha value is -0.940. The Balaban J connectivity index is 1.87. The molecule has 6 heteroatoms. The van der Waals surface area contributed by atoms with Crippen LogP contribution in [0.4, 0.5) is 18.9 Å². The Morgan fingerprint density at radius 2 is 1.95 bits per heavy atom. The molecule has 0 bridgehead atoms. The molecule has 2 nitrogen and oxygen atoms in total. The zero-order chi connectivity index (χ0) is 14.8. The van der Waals surface area contributed by atoms with Gasteiger partial charge >= 0.3 is 6.18 Å². The lowest BCUT2D eigenvalue weighted by atomic mass is 10.0. The van der Waals surface area contributed by atoms with Gasteiger partial charge in [-0.2, -0.15) is 13.2 Å². The predicted octanol–water partition coefficient (Wildman–Crippen LogP) is 4.09.